The number of anilines is 1. The molecular weight excluding hydrogens is 279 g/mol. The summed E-state index contributed by atoms with van der Waals surface area (Å²) in [7, 11) is 1.54. The first kappa shape index (κ1) is 12.0. The van der Waals surface area contributed by atoms with Crippen LogP contribution in [0, 0.1) is 0 Å². The summed E-state index contributed by atoms with van der Waals surface area (Å²) in [5, 5.41) is 6.01. The fourth-order valence-electron chi connectivity index (χ4n) is 0.922. The van der Waals surface area contributed by atoms with Crippen molar-refractivity contribution < 1.29 is 13.2 Å². The van der Waals surface area contributed by atoms with E-state index in [1.165, 1.54) is 7.05 Å². The van der Waals surface area contributed by atoms with E-state index in [4.69, 9.17) is 0 Å². The first-order valence-electron chi connectivity index (χ1n) is 3.85. The molecule has 0 bridgehead atoms. The SMILES string of the molecule is CNc1cnn(CC(F)(F)F)c(=O)c1Br. The number of hydrogen-bond acceptors (Lipinski definition) is 3. The van der Waals surface area contributed by atoms with Gasteiger partial charge in [-0.3, -0.25) is 4.79 Å². The summed E-state index contributed by atoms with van der Waals surface area (Å²) in [6, 6.07) is 0. The van der Waals surface area contributed by atoms with Crippen LogP contribution in [-0.4, -0.2) is 23.0 Å². The quantitative estimate of drug-likeness (QED) is 0.898. The molecule has 0 aliphatic carbocycles. The lowest BCUT2D eigenvalue weighted by atomic mass is 10.4. The summed E-state index contributed by atoms with van der Waals surface area (Å²) in [4.78, 5) is 11.3. The second-order valence-electron chi connectivity index (χ2n) is 2.70. The van der Waals surface area contributed by atoms with Gasteiger partial charge in [0.25, 0.3) is 5.56 Å². The number of nitrogens with one attached hydrogen (secondary N) is 1. The number of aromatic nitrogens is 2. The Morgan fingerprint density at radius 2 is 2.20 bits per heavy atom. The minimum Gasteiger partial charge on any atom is -0.386 e. The first-order valence-corrected chi connectivity index (χ1v) is 4.64. The predicted octanol–water partition coefficient (Wildman–Crippen LogP) is 1.61. The molecule has 1 aromatic heterocycles. The van der Waals surface area contributed by atoms with E-state index in [0.717, 1.165) is 6.20 Å². The lowest BCUT2D eigenvalue weighted by Gasteiger charge is -2.09. The number of rotatable bonds is 2. The van der Waals surface area contributed by atoms with Crippen molar-refractivity contribution in [2.45, 2.75) is 12.7 Å². The summed E-state index contributed by atoms with van der Waals surface area (Å²) in [6.07, 6.45) is -3.31. The van der Waals surface area contributed by atoms with Gasteiger partial charge in [-0.05, 0) is 15.9 Å². The van der Waals surface area contributed by atoms with Gasteiger partial charge in [-0.1, -0.05) is 0 Å². The van der Waals surface area contributed by atoms with Crippen molar-refractivity contribution in [3.8, 4) is 0 Å². The van der Waals surface area contributed by atoms with Crippen LogP contribution in [0.5, 0.6) is 0 Å². The van der Waals surface area contributed by atoms with Gasteiger partial charge in [0.15, 0.2) is 0 Å². The molecular formula is C7H7BrF3N3O. The molecule has 4 nitrogen and oxygen atoms in total. The molecule has 0 aliphatic rings. The van der Waals surface area contributed by atoms with Gasteiger partial charge in [-0.25, -0.2) is 4.68 Å². The Morgan fingerprint density at radius 1 is 1.60 bits per heavy atom. The van der Waals surface area contributed by atoms with Crippen LogP contribution >= 0.6 is 15.9 Å². The first-order chi connectivity index (χ1) is 6.85. The standard InChI is InChI=1S/C7H7BrF3N3O/c1-12-4-2-13-14(3-7(9,10)11)6(15)5(4)8/h2,12H,3H2,1H3. The molecule has 0 aromatic carbocycles. The lowest BCUT2D eigenvalue weighted by molar-refractivity contribution is -0.143. The Bertz CT molecular complexity index is 415. The van der Waals surface area contributed by atoms with Crippen molar-refractivity contribution in [2.24, 2.45) is 0 Å². The van der Waals surface area contributed by atoms with Crippen molar-refractivity contribution in [3.63, 3.8) is 0 Å². The molecule has 0 saturated carbocycles. The van der Waals surface area contributed by atoms with Gasteiger partial charge in [0, 0.05) is 7.05 Å². The zero-order chi connectivity index (χ0) is 11.6. The molecule has 1 heterocycles. The Hall–Kier alpha value is -1.05. The van der Waals surface area contributed by atoms with E-state index in [2.05, 4.69) is 26.3 Å². The van der Waals surface area contributed by atoms with E-state index in [0.29, 0.717) is 10.4 Å². The molecule has 0 unspecified atom stereocenters. The topological polar surface area (TPSA) is 46.9 Å². The van der Waals surface area contributed by atoms with Crippen molar-refractivity contribution in [2.75, 3.05) is 12.4 Å². The van der Waals surface area contributed by atoms with Gasteiger partial charge in [0.2, 0.25) is 0 Å². The van der Waals surface area contributed by atoms with Crippen LogP contribution in [0.1, 0.15) is 0 Å². The summed E-state index contributed by atoms with van der Waals surface area (Å²) in [5.74, 6) is 0. The maximum atomic E-state index is 12.0. The van der Waals surface area contributed by atoms with E-state index >= 15 is 0 Å². The molecule has 0 amide bonds. The highest BCUT2D eigenvalue weighted by Gasteiger charge is 2.29. The Balaban J connectivity index is 3.13. The highest BCUT2D eigenvalue weighted by Crippen LogP contribution is 2.18. The van der Waals surface area contributed by atoms with Crippen molar-refractivity contribution in [3.05, 3.63) is 21.0 Å². The molecule has 0 atom stereocenters. The molecule has 84 valence electrons. The predicted molar refractivity (Wildman–Crippen MR) is 51.8 cm³/mol. The number of alkyl halides is 3. The number of hydrogen-bond donors (Lipinski definition) is 1. The summed E-state index contributed by atoms with van der Waals surface area (Å²) in [6.45, 7) is -1.39. The maximum absolute atomic E-state index is 12.0. The Morgan fingerprint density at radius 3 is 2.67 bits per heavy atom. The molecule has 0 radical (unpaired) electrons. The van der Waals surface area contributed by atoms with Crippen molar-refractivity contribution in [1.29, 1.82) is 0 Å². The molecule has 0 spiro atoms. The summed E-state index contributed by atoms with van der Waals surface area (Å²) >= 11 is 2.90. The van der Waals surface area contributed by atoms with Crippen LogP contribution in [0.2, 0.25) is 0 Å². The normalized spacial score (nSPS) is 11.5. The highest BCUT2D eigenvalue weighted by molar-refractivity contribution is 9.10. The Labute approximate surface area is 91.2 Å². The average molecular weight is 286 g/mol. The molecule has 1 aromatic rings. The molecule has 0 saturated heterocycles. The van der Waals surface area contributed by atoms with E-state index in [1.807, 2.05) is 0 Å². The molecule has 1 rings (SSSR count). The minimum absolute atomic E-state index is 0.0317. The molecule has 0 aliphatic heterocycles. The zero-order valence-corrected chi connectivity index (χ0v) is 9.18. The van der Waals surface area contributed by atoms with E-state index in [1.54, 1.807) is 0 Å². The van der Waals surface area contributed by atoms with Gasteiger partial charge >= 0.3 is 6.18 Å². The zero-order valence-electron chi connectivity index (χ0n) is 7.60. The van der Waals surface area contributed by atoms with E-state index in [-0.39, 0.29) is 4.47 Å². The van der Waals surface area contributed by atoms with Crippen molar-refractivity contribution in [1.82, 2.24) is 9.78 Å². The van der Waals surface area contributed by atoms with Crippen molar-refractivity contribution >= 4 is 21.6 Å². The molecule has 8 heteroatoms. The second kappa shape index (κ2) is 4.21. The van der Waals surface area contributed by atoms with Gasteiger partial charge in [0.1, 0.15) is 11.0 Å². The fourth-order valence-corrected chi connectivity index (χ4v) is 1.43. The highest BCUT2D eigenvalue weighted by atomic mass is 79.9. The third-order valence-corrected chi connectivity index (χ3v) is 2.35. The van der Waals surface area contributed by atoms with Gasteiger partial charge in [-0.2, -0.15) is 18.3 Å². The Kier molecular flexibility index (Phi) is 3.38. The number of halogens is 4. The smallest absolute Gasteiger partial charge is 0.386 e. The van der Waals surface area contributed by atoms with Crippen LogP contribution in [0.15, 0.2) is 15.5 Å². The monoisotopic (exact) mass is 285 g/mol. The van der Waals surface area contributed by atoms with Crippen LogP contribution in [0.25, 0.3) is 0 Å². The van der Waals surface area contributed by atoms with Gasteiger partial charge in [0.05, 0.1) is 11.9 Å². The molecule has 0 fully saturated rings. The van der Waals surface area contributed by atoms with Gasteiger partial charge < -0.3 is 5.32 Å². The van der Waals surface area contributed by atoms with Gasteiger partial charge in [-0.15, -0.1) is 0 Å². The average Bonchev–Trinajstić information content (AvgIpc) is 2.11. The summed E-state index contributed by atoms with van der Waals surface area (Å²) < 4.78 is 36.4. The molecule has 15 heavy (non-hydrogen) atoms. The molecule has 1 N–H and O–H groups in total. The summed E-state index contributed by atoms with van der Waals surface area (Å²) in [5.41, 5.74) is -0.474. The maximum Gasteiger partial charge on any atom is 0.408 e. The van der Waals surface area contributed by atoms with E-state index < -0.39 is 18.3 Å². The third-order valence-electron chi connectivity index (χ3n) is 1.58. The van der Waals surface area contributed by atoms with Crippen LogP contribution in [0.3, 0.4) is 0 Å². The van der Waals surface area contributed by atoms with E-state index in [9.17, 15) is 18.0 Å². The second-order valence-corrected chi connectivity index (χ2v) is 3.49. The fraction of sp³-hybridized carbons (Fsp3) is 0.429. The minimum atomic E-state index is -4.46. The number of nitrogens with zero attached hydrogens (tertiary/aromatic N) is 2. The van der Waals surface area contributed by atoms with Crippen LogP contribution in [-0.2, 0) is 6.54 Å². The van der Waals surface area contributed by atoms with Crippen LogP contribution in [0.4, 0.5) is 18.9 Å². The lowest BCUT2D eigenvalue weighted by Crippen LogP contribution is -2.30. The largest absolute Gasteiger partial charge is 0.408 e. The van der Waals surface area contributed by atoms with Crippen LogP contribution < -0.4 is 10.9 Å². The third kappa shape index (κ3) is 2.95.